The summed E-state index contributed by atoms with van der Waals surface area (Å²) in [6.45, 7) is 6.93. The highest BCUT2D eigenvalue weighted by Gasteiger charge is 2.15. The molecule has 3 N–H and O–H groups in total. The molecule has 0 heterocycles. The molecule has 0 aromatic rings. The van der Waals surface area contributed by atoms with Crippen LogP contribution in [0, 0.1) is 5.41 Å². The number of rotatable bonds is 3. The van der Waals surface area contributed by atoms with Gasteiger partial charge in [0.1, 0.15) is 0 Å². The minimum atomic E-state index is -0.218. The maximum Gasteiger partial charge on any atom is 0.0557 e. The zero-order valence-electron chi connectivity index (χ0n) is 7.22. The molecule has 2 heteroatoms. The average molecular weight is 145 g/mol. The van der Waals surface area contributed by atoms with Crippen molar-refractivity contribution in [1.82, 2.24) is 0 Å². The minimum absolute atomic E-state index is 0.217. The van der Waals surface area contributed by atoms with Crippen molar-refractivity contribution in [3.8, 4) is 0 Å². The Kier molecular flexibility index (Phi) is 3.91. The van der Waals surface area contributed by atoms with E-state index in [0.717, 1.165) is 12.8 Å². The molecule has 0 saturated carbocycles. The Morgan fingerprint density at radius 2 is 1.90 bits per heavy atom. The molecular formula is C8H19NO. The van der Waals surface area contributed by atoms with Crippen molar-refractivity contribution < 1.29 is 5.11 Å². The standard InChI is InChI=1S/C8H19NO/c1-8(2,3)6-7(10)4-5-9/h7,10H,4-6,9H2,1-3H3/t7-/m1/s1. The lowest BCUT2D eigenvalue weighted by molar-refractivity contribution is 0.115. The van der Waals surface area contributed by atoms with Crippen molar-refractivity contribution in [1.29, 1.82) is 0 Å². The molecule has 0 amide bonds. The first-order chi connectivity index (χ1) is 4.45. The average Bonchev–Trinajstić information content (AvgIpc) is 1.59. The predicted molar refractivity (Wildman–Crippen MR) is 43.8 cm³/mol. The first-order valence-corrected chi connectivity index (χ1v) is 3.84. The fourth-order valence-corrected chi connectivity index (χ4v) is 1.00. The van der Waals surface area contributed by atoms with Gasteiger partial charge in [0, 0.05) is 0 Å². The number of nitrogens with two attached hydrogens (primary N) is 1. The van der Waals surface area contributed by atoms with Crippen LogP contribution in [0.4, 0.5) is 0 Å². The van der Waals surface area contributed by atoms with Crippen LogP contribution in [0.2, 0.25) is 0 Å². The van der Waals surface area contributed by atoms with Crippen molar-refractivity contribution in [2.45, 2.75) is 39.7 Å². The van der Waals surface area contributed by atoms with Crippen molar-refractivity contribution >= 4 is 0 Å². The van der Waals surface area contributed by atoms with E-state index < -0.39 is 0 Å². The summed E-state index contributed by atoms with van der Waals surface area (Å²) in [6.07, 6.45) is 1.34. The summed E-state index contributed by atoms with van der Waals surface area (Å²) in [5.41, 5.74) is 5.51. The Hall–Kier alpha value is -0.0800. The van der Waals surface area contributed by atoms with Crippen LogP contribution in [0.3, 0.4) is 0 Å². The third-order valence-corrected chi connectivity index (χ3v) is 1.35. The van der Waals surface area contributed by atoms with E-state index in [1.807, 2.05) is 0 Å². The van der Waals surface area contributed by atoms with Gasteiger partial charge in [0.15, 0.2) is 0 Å². The van der Waals surface area contributed by atoms with Gasteiger partial charge < -0.3 is 10.8 Å². The van der Waals surface area contributed by atoms with Gasteiger partial charge in [-0.1, -0.05) is 20.8 Å². The number of hydrogen-bond acceptors (Lipinski definition) is 2. The molecule has 1 atom stereocenters. The molecule has 0 fully saturated rings. The summed E-state index contributed by atoms with van der Waals surface area (Å²) >= 11 is 0. The maximum atomic E-state index is 9.30. The number of aliphatic hydroxyl groups excluding tert-OH is 1. The van der Waals surface area contributed by atoms with Crippen LogP contribution < -0.4 is 5.73 Å². The highest BCUT2D eigenvalue weighted by molar-refractivity contribution is 4.67. The molecule has 62 valence electrons. The van der Waals surface area contributed by atoms with Gasteiger partial charge in [0.05, 0.1) is 6.10 Å². The Morgan fingerprint density at radius 3 is 2.20 bits per heavy atom. The quantitative estimate of drug-likeness (QED) is 0.625. The number of aliphatic hydroxyl groups is 1. The molecule has 2 nitrogen and oxygen atoms in total. The lowest BCUT2D eigenvalue weighted by atomic mass is 9.88. The van der Waals surface area contributed by atoms with Gasteiger partial charge in [0.25, 0.3) is 0 Å². The molecule has 0 rings (SSSR count). The first kappa shape index (κ1) is 9.92. The van der Waals surface area contributed by atoms with Crippen LogP contribution in [-0.2, 0) is 0 Å². The summed E-state index contributed by atoms with van der Waals surface area (Å²) in [5, 5.41) is 9.30. The summed E-state index contributed by atoms with van der Waals surface area (Å²) in [4.78, 5) is 0. The Labute approximate surface area is 63.4 Å². The molecule has 0 aromatic carbocycles. The lowest BCUT2D eigenvalue weighted by Gasteiger charge is -2.21. The van der Waals surface area contributed by atoms with Crippen LogP contribution in [-0.4, -0.2) is 17.8 Å². The van der Waals surface area contributed by atoms with E-state index in [1.54, 1.807) is 0 Å². The molecule has 0 bridgehead atoms. The zero-order valence-corrected chi connectivity index (χ0v) is 7.22. The molecule has 0 aliphatic rings. The van der Waals surface area contributed by atoms with Crippen molar-refractivity contribution in [3.05, 3.63) is 0 Å². The second kappa shape index (κ2) is 3.94. The fourth-order valence-electron chi connectivity index (χ4n) is 1.00. The molecule has 10 heavy (non-hydrogen) atoms. The lowest BCUT2D eigenvalue weighted by Crippen LogP contribution is -2.20. The van der Waals surface area contributed by atoms with Gasteiger partial charge in [-0.2, -0.15) is 0 Å². The Bertz CT molecular complexity index is 85.7. The Balaban J connectivity index is 3.47. The van der Waals surface area contributed by atoms with Gasteiger partial charge in [-0.05, 0) is 24.8 Å². The topological polar surface area (TPSA) is 46.2 Å². The maximum absolute atomic E-state index is 9.30. The summed E-state index contributed by atoms with van der Waals surface area (Å²) in [7, 11) is 0. The second-order valence-electron chi connectivity index (χ2n) is 4.00. The molecule has 0 unspecified atom stereocenters. The van der Waals surface area contributed by atoms with Crippen molar-refractivity contribution in [2.75, 3.05) is 6.54 Å². The summed E-state index contributed by atoms with van der Waals surface area (Å²) in [5.74, 6) is 0. The second-order valence-corrected chi connectivity index (χ2v) is 4.00. The fraction of sp³-hybridized carbons (Fsp3) is 1.00. The molecule has 0 aliphatic heterocycles. The van der Waals surface area contributed by atoms with Gasteiger partial charge in [-0.3, -0.25) is 0 Å². The van der Waals surface area contributed by atoms with E-state index >= 15 is 0 Å². The van der Waals surface area contributed by atoms with Gasteiger partial charge in [-0.15, -0.1) is 0 Å². The molecule has 0 saturated heterocycles. The van der Waals surface area contributed by atoms with E-state index in [1.165, 1.54) is 0 Å². The van der Waals surface area contributed by atoms with E-state index in [2.05, 4.69) is 20.8 Å². The van der Waals surface area contributed by atoms with Gasteiger partial charge in [0.2, 0.25) is 0 Å². The monoisotopic (exact) mass is 145 g/mol. The molecule has 0 aromatic heterocycles. The third-order valence-electron chi connectivity index (χ3n) is 1.35. The van der Waals surface area contributed by atoms with Crippen LogP contribution >= 0.6 is 0 Å². The smallest absolute Gasteiger partial charge is 0.0557 e. The van der Waals surface area contributed by atoms with Crippen LogP contribution in [0.15, 0.2) is 0 Å². The van der Waals surface area contributed by atoms with Crippen LogP contribution in [0.25, 0.3) is 0 Å². The molecule has 0 aliphatic carbocycles. The van der Waals surface area contributed by atoms with Gasteiger partial charge >= 0.3 is 0 Å². The van der Waals surface area contributed by atoms with E-state index in [-0.39, 0.29) is 11.5 Å². The van der Waals surface area contributed by atoms with Gasteiger partial charge in [-0.25, -0.2) is 0 Å². The molecular weight excluding hydrogens is 126 g/mol. The minimum Gasteiger partial charge on any atom is -0.393 e. The first-order valence-electron chi connectivity index (χ1n) is 3.84. The number of hydrogen-bond donors (Lipinski definition) is 2. The summed E-state index contributed by atoms with van der Waals surface area (Å²) < 4.78 is 0. The van der Waals surface area contributed by atoms with E-state index in [0.29, 0.717) is 6.54 Å². The highest BCUT2D eigenvalue weighted by atomic mass is 16.3. The largest absolute Gasteiger partial charge is 0.393 e. The van der Waals surface area contributed by atoms with Crippen LogP contribution in [0.1, 0.15) is 33.6 Å². The highest BCUT2D eigenvalue weighted by Crippen LogP contribution is 2.21. The third kappa shape index (κ3) is 6.05. The van der Waals surface area contributed by atoms with E-state index in [9.17, 15) is 5.11 Å². The molecule has 0 spiro atoms. The zero-order chi connectivity index (χ0) is 8.20. The van der Waals surface area contributed by atoms with Crippen molar-refractivity contribution in [3.63, 3.8) is 0 Å². The Morgan fingerprint density at radius 1 is 1.40 bits per heavy atom. The predicted octanol–water partition coefficient (Wildman–Crippen LogP) is 1.13. The molecule has 0 radical (unpaired) electrons. The SMILES string of the molecule is CC(C)(C)C[C@H](O)CCN. The summed E-state index contributed by atoms with van der Waals surface area (Å²) in [6, 6.07) is 0. The van der Waals surface area contributed by atoms with Crippen molar-refractivity contribution in [2.24, 2.45) is 11.1 Å². The van der Waals surface area contributed by atoms with E-state index in [4.69, 9.17) is 5.73 Å². The normalized spacial score (nSPS) is 15.3. The van der Waals surface area contributed by atoms with Crippen LogP contribution in [0.5, 0.6) is 0 Å².